The molecule has 2 heterocycles. The van der Waals surface area contributed by atoms with Crippen LogP contribution in [0.5, 0.6) is 0 Å². The minimum Gasteiger partial charge on any atom is -0.381 e. The van der Waals surface area contributed by atoms with Gasteiger partial charge in [0.05, 0.1) is 12.6 Å². The number of hydrogen-bond donors (Lipinski definition) is 0. The second-order valence-electron chi connectivity index (χ2n) is 5.94. The molecule has 0 aromatic heterocycles. The lowest BCUT2D eigenvalue weighted by molar-refractivity contribution is -0.129. The van der Waals surface area contributed by atoms with Gasteiger partial charge in [0, 0.05) is 19.1 Å². The van der Waals surface area contributed by atoms with Gasteiger partial charge in [0.1, 0.15) is 11.6 Å². The zero-order valence-corrected chi connectivity index (χ0v) is 12.8. The van der Waals surface area contributed by atoms with Gasteiger partial charge >= 0.3 is 0 Å². The van der Waals surface area contributed by atoms with Crippen molar-refractivity contribution in [3.8, 4) is 6.07 Å². The summed E-state index contributed by atoms with van der Waals surface area (Å²) in [5.41, 5.74) is 2.73. The Kier molecular flexibility index (Phi) is 4.26. The van der Waals surface area contributed by atoms with E-state index in [1.165, 1.54) is 11.1 Å². The molecule has 22 heavy (non-hydrogen) atoms. The minimum absolute atomic E-state index is 0.00836. The van der Waals surface area contributed by atoms with Gasteiger partial charge in [-0.3, -0.25) is 4.79 Å². The Morgan fingerprint density at radius 1 is 1.45 bits per heavy atom. The zero-order chi connectivity index (χ0) is 15.5. The lowest BCUT2D eigenvalue weighted by Crippen LogP contribution is -2.39. The molecule has 0 spiro atoms. The molecule has 0 saturated carbocycles. The van der Waals surface area contributed by atoms with Crippen LogP contribution in [0.25, 0.3) is 0 Å². The first-order valence-corrected chi connectivity index (χ1v) is 7.79. The lowest BCUT2D eigenvalue weighted by Gasteiger charge is -2.35. The topological polar surface area (TPSA) is 53.3 Å². The SMILES string of the molecule is CC1c2ccccc2CCN1C(=O)/C(C#N)=C\C1CCOC1. The Morgan fingerprint density at radius 3 is 3.00 bits per heavy atom. The smallest absolute Gasteiger partial charge is 0.264 e. The monoisotopic (exact) mass is 296 g/mol. The predicted molar refractivity (Wildman–Crippen MR) is 82.9 cm³/mol. The fourth-order valence-corrected chi connectivity index (χ4v) is 3.28. The first-order valence-electron chi connectivity index (χ1n) is 7.79. The molecule has 1 saturated heterocycles. The van der Waals surface area contributed by atoms with Crippen LogP contribution < -0.4 is 0 Å². The largest absolute Gasteiger partial charge is 0.381 e. The highest BCUT2D eigenvalue weighted by atomic mass is 16.5. The molecule has 4 heteroatoms. The molecule has 2 aliphatic heterocycles. The standard InChI is InChI=1S/C18H20N2O2/c1-13-17-5-3-2-4-15(17)6-8-20(13)18(21)16(11-19)10-14-7-9-22-12-14/h2-5,10,13-14H,6-9,12H2,1H3/b16-10-. The van der Waals surface area contributed by atoms with Crippen LogP contribution in [0.4, 0.5) is 0 Å². The van der Waals surface area contributed by atoms with Crippen LogP contribution in [0.3, 0.4) is 0 Å². The Labute approximate surface area is 131 Å². The molecule has 4 nitrogen and oxygen atoms in total. The van der Waals surface area contributed by atoms with Crippen LogP contribution in [0.15, 0.2) is 35.9 Å². The maximum absolute atomic E-state index is 12.7. The number of ether oxygens (including phenoxy) is 1. The molecule has 0 radical (unpaired) electrons. The normalized spacial score (nSPS) is 24.7. The van der Waals surface area contributed by atoms with Crippen LogP contribution in [0, 0.1) is 17.2 Å². The summed E-state index contributed by atoms with van der Waals surface area (Å²) in [6.07, 6.45) is 3.52. The van der Waals surface area contributed by atoms with Gasteiger partial charge in [0.2, 0.25) is 0 Å². The van der Waals surface area contributed by atoms with E-state index in [1.54, 1.807) is 6.08 Å². The highest BCUT2D eigenvalue weighted by Gasteiger charge is 2.29. The fraction of sp³-hybridized carbons (Fsp3) is 0.444. The molecule has 0 N–H and O–H groups in total. The number of amides is 1. The lowest BCUT2D eigenvalue weighted by atomic mass is 9.93. The molecular weight excluding hydrogens is 276 g/mol. The van der Waals surface area contributed by atoms with Crippen molar-refractivity contribution in [2.24, 2.45) is 5.92 Å². The van der Waals surface area contributed by atoms with Gasteiger partial charge < -0.3 is 9.64 Å². The van der Waals surface area contributed by atoms with Gasteiger partial charge in [0.25, 0.3) is 5.91 Å². The summed E-state index contributed by atoms with van der Waals surface area (Å²) >= 11 is 0. The van der Waals surface area contributed by atoms with Crippen molar-refractivity contribution in [3.63, 3.8) is 0 Å². The Bertz CT molecular complexity index is 639. The molecular formula is C18H20N2O2. The van der Waals surface area contributed by atoms with Crippen LogP contribution in [-0.2, 0) is 16.0 Å². The summed E-state index contributed by atoms with van der Waals surface area (Å²) in [4.78, 5) is 14.5. The number of fused-ring (bicyclic) bond motifs is 1. The molecule has 2 atom stereocenters. The van der Waals surface area contributed by atoms with Gasteiger partial charge in [-0.2, -0.15) is 5.26 Å². The van der Waals surface area contributed by atoms with E-state index in [-0.39, 0.29) is 23.4 Å². The number of hydrogen-bond acceptors (Lipinski definition) is 3. The summed E-state index contributed by atoms with van der Waals surface area (Å²) < 4.78 is 5.32. The van der Waals surface area contributed by atoms with E-state index in [0.29, 0.717) is 19.8 Å². The summed E-state index contributed by atoms with van der Waals surface area (Å²) in [7, 11) is 0. The van der Waals surface area contributed by atoms with Crippen molar-refractivity contribution in [3.05, 3.63) is 47.0 Å². The fourth-order valence-electron chi connectivity index (χ4n) is 3.28. The number of benzene rings is 1. The summed E-state index contributed by atoms with van der Waals surface area (Å²) in [6, 6.07) is 10.3. The second kappa shape index (κ2) is 6.33. The summed E-state index contributed by atoms with van der Waals surface area (Å²) in [6.45, 7) is 4.01. The maximum atomic E-state index is 12.7. The van der Waals surface area contributed by atoms with Gasteiger partial charge in [-0.25, -0.2) is 0 Å². The van der Waals surface area contributed by atoms with E-state index >= 15 is 0 Å². The number of carbonyl (C=O) groups excluding carboxylic acids is 1. The van der Waals surface area contributed by atoms with Crippen LogP contribution >= 0.6 is 0 Å². The Balaban J connectivity index is 1.81. The van der Waals surface area contributed by atoms with E-state index in [0.717, 1.165) is 12.8 Å². The highest BCUT2D eigenvalue weighted by Crippen LogP contribution is 2.30. The van der Waals surface area contributed by atoms with Crippen molar-refractivity contribution in [1.29, 1.82) is 5.26 Å². The number of carbonyl (C=O) groups is 1. The first kappa shape index (κ1) is 14.8. The molecule has 0 aliphatic carbocycles. The highest BCUT2D eigenvalue weighted by molar-refractivity contribution is 5.97. The zero-order valence-electron chi connectivity index (χ0n) is 12.8. The van der Waals surface area contributed by atoms with E-state index < -0.39 is 0 Å². The Hall–Kier alpha value is -2.12. The molecule has 0 bridgehead atoms. The van der Waals surface area contributed by atoms with Crippen LogP contribution in [0.1, 0.15) is 30.5 Å². The van der Waals surface area contributed by atoms with E-state index in [4.69, 9.17) is 4.74 Å². The van der Waals surface area contributed by atoms with E-state index in [2.05, 4.69) is 18.2 Å². The average Bonchev–Trinajstić information content (AvgIpc) is 3.06. The molecule has 1 amide bonds. The summed E-state index contributed by atoms with van der Waals surface area (Å²) in [5, 5.41) is 9.36. The van der Waals surface area contributed by atoms with Crippen molar-refractivity contribution in [2.45, 2.75) is 25.8 Å². The van der Waals surface area contributed by atoms with Gasteiger partial charge in [-0.1, -0.05) is 30.3 Å². The van der Waals surface area contributed by atoms with Gasteiger partial charge in [-0.15, -0.1) is 0 Å². The maximum Gasteiger partial charge on any atom is 0.264 e. The van der Waals surface area contributed by atoms with Crippen molar-refractivity contribution in [1.82, 2.24) is 4.90 Å². The van der Waals surface area contributed by atoms with Crippen LogP contribution in [-0.4, -0.2) is 30.6 Å². The number of nitrogens with zero attached hydrogens (tertiary/aromatic N) is 2. The molecule has 2 aliphatic rings. The third kappa shape index (κ3) is 2.77. The predicted octanol–water partition coefficient (Wildman–Crippen LogP) is 2.62. The number of nitriles is 1. The molecule has 2 unspecified atom stereocenters. The summed E-state index contributed by atoms with van der Waals surface area (Å²) in [5.74, 6) is 0.0300. The molecule has 1 fully saturated rings. The quantitative estimate of drug-likeness (QED) is 0.622. The van der Waals surface area contributed by atoms with Gasteiger partial charge in [-0.05, 0) is 30.9 Å². The van der Waals surface area contributed by atoms with Gasteiger partial charge in [0.15, 0.2) is 0 Å². The minimum atomic E-state index is -0.156. The van der Waals surface area contributed by atoms with Crippen molar-refractivity contribution >= 4 is 5.91 Å². The molecule has 114 valence electrons. The van der Waals surface area contributed by atoms with Crippen LogP contribution in [0.2, 0.25) is 0 Å². The second-order valence-corrected chi connectivity index (χ2v) is 5.94. The van der Waals surface area contributed by atoms with Crippen molar-refractivity contribution in [2.75, 3.05) is 19.8 Å². The third-order valence-corrected chi connectivity index (χ3v) is 4.57. The molecule has 1 aromatic carbocycles. The van der Waals surface area contributed by atoms with Crippen molar-refractivity contribution < 1.29 is 9.53 Å². The molecule has 1 aromatic rings. The Morgan fingerprint density at radius 2 is 2.27 bits per heavy atom. The number of rotatable bonds is 2. The first-order chi connectivity index (χ1) is 10.7. The molecule has 3 rings (SSSR count). The van der Waals surface area contributed by atoms with E-state index in [9.17, 15) is 10.1 Å². The average molecular weight is 296 g/mol. The third-order valence-electron chi connectivity index (χ3n) is 4.57. The van der Waals surface area contributed by atoms with E-state index in [1.807, 2.05) is 24.0 Å².